The molecule has 0 bridgehead atoms. The molecule has 0 radical (unpaired) electrons. The van der Waals surface area contributed by atoms with Crippen molar-refractivity contribution in [3.63, 3.8) is 0 Å². The lowest BCUT2D eigenvalue weighted by molar-refractivity contribution is -0.158. The highest BCUT2D eigenvalue weighted by Crippen LogP contribution is 2.08. The predicted molar refractivity (Wildman–Crippen MR) is 63.6 cm³/mol. The quantitative estimate of drug-likeness (QED) is 0.788. The minimum atomic E-state index is -1.74. The summed E-state index contributed by atoms with van der Waals surface area (Å²) in [5.74, 6) is -1.22. The molecular formula is C12H18N2O3. The fourth-order valence-electron chi connectivity index (χ4n) is 1.61. The predicted octanol–water partition coefficient (Wildman–Crippen LogP) is 0.657. The molecule has 0 saturated heterocycles. The normalized spacial score (nSPS) is 14.6. The average molecular weight is 238 g/mol. The Balaban J connectivity index is 2.61. The molecule has 0 saturated carbocycles. The Morgan fingerprint density at radius 3 is 2.71 bits per heavy atom. The zero-order valence-electron chi connectivity index (χ0n) is 10.3. The first-order valence-electron chi connectivity index (χ1n) is 5.38. The summed E-state index contributed by atoms with van der Waals surface area (Å²) in [6.07, 6.45) is 0. The second-order valence-electron chi connectivity index (χ2n) is 4.52. The minimum Gasteiger partial charge on any atom is -0.479 e. The summed E-state index contributed by atoms with van der Waals surface area (Å²) in [5.41, 5.74) is 0.0352. The number of carboxylic acid groups (broad SMARTS) is 1. The lowest BCUT2D eigenvalue weighted by Gasteiger charge is -2.25. The molecule has 0 aliphatic carbocycles. The summed E-state index contributed by atoms with van der Waals surface area (Å²) in [7, 11) is 1.75. The van der Waals surface area contributed by atoms with Gasteiger partial charge in [-0.05, 0) is 33.0 Å². The van der Waals surface area contributed by atoms with E-state index < -0.39 is 11.6 Å². The van der Waals surface area contributed by atoms with Gasteiger partial charge in [-0.3, -0.25) is 9.88 Å². The maximum absolute atomic E-state index is 10.8. The second kappa shape index (κ2) is 5.25. The van der Waals surface area contributed by atoms with Gasteiger partial charge in [0, 0.05) is 18.8 Å². The molecule has 0 amide bonds. The molecule has 2 N–H and O–H groups in total. The maximum atomic E-state index is 10.8. The van der Waals surface area contributed by atoms with E-state index in [4.69, 9.17) is 5.11 Å². The molecule has 0 fully saturated rings. The Kier molecular flexibility index (Phi) is 4.20. The van der Waals surface area contributed by atoms with Gasteiger partial charge in [-0.2, -0.15) is 0 Å². The number of aliphatic carboxylic acids is 1. The molecule has 94 valence electrons. The zero-order valence-corrected chi connectivity index (χ0v) is 10.3. The molecule has 1 aromatic rings. The summed E-state index contributed by atoms with van der Waals surface area (Å²) in [6.45, 7) is 3.75. The van der Waals surface area contributed by atoms with E-state index in [2.05, 4.69) is 4.98 Å². The van der Waals surface area contributed by atoms with E-state index >= 15 is 0 Å². The van der Waals surface area contributed by atoms with Crippen molar-refractivity contribution >= 4 is 5.97 Å². The van der Waals surface area contributed by atoms with Crippen molar-refractivity contribution in [2.75, 3.05) is 13.6 Å². The van der Waals surface area contributed by atoms with Crippen molar-refractivity contribution in [1.82, 2.24) is 9.88 Å². The molecule has 5 heteroatoms. The largest absolute Gasteiger partial charge is 0.479 e. The summed E-state index contributed by atoms with van der Waals surface area (Å²) in [4.78, 5) is 16.8. The number of rotatable bonds is 5. The van der Waals surface area contributed by atoms with Crippen LogP contribution in [0, 0.1) is 6.92 Å². The van der Waals surface area contributed by atoms with Gasteiger partial charge in [0.2, 0.25) is 0 Å². The zero-order chi connectivity index (χ0) is 13.1. The van der Waals surface area contributed by atoms with Crippen LogP contribution in [0.25, 0.3) is 0 Å². The lowest BCUT2D eigenvalue weighted by atomic mass is 10.1. The molecule has 17 heavy (non-hydrogen) atoms. The van der Waals surface area contributed by atoms with E-state index in [1.54, 1.807) is 11.9 Å². The smallest absolute Gasteiger partial charge is 0.336 e. The Hall–Kier alpha value is -1.46. The minimum absolute atomic E-state index is 0.0535. The van der Waals surface area contributed by atoms with Crippen molar-refractivity contribution in [3.05, 3.63) is 29.6 Å². The molecule has 5 nitrogen and oxygen atoms in total. The number of hydrogen-bond donors (Lipinski definition) is 2. The highest BCUT2D eigenvalue weighted by molar-refractivity contribution is 5.76. The van der Waals surface area contributed by atoms with Crippen LogP contribution in [0.1, 0.15) is 18.3 Å². The third kappa shape index (κ3) is 4.13. The molecule has 0 aliphatic rings. The van der Waals surface area contributed by atoms with Gasteiger partial charge in [0.25, 0.3) is 0 Å². The van der Waals surface area contributed by atoms with Crippen molar-refractivity contribution in [1.29, 1.82) is 0 Å². The number of nitrogens with zero attached hydrogens (tertiary/aromatic N) is 2. The Labute approximate surface area is 101 Å². The van der Waals surface area contributed by atoms with E-state index in [0.29, 0.717) is 6.54 Å². The van der Waals surface area contributed by atoms with Crippen LogP contribution in [0.4, 0.5) is 0 Å². The number of aryl methyl sites for hydroxylation is 1. The molecule has 1 atom stereocenters. The number of hydrogen-bond acceptors (Lipinski definition) is 4. The van der Waals surface area contributed by atoms with E-state index in [1.165, 1.54) is 6.92 Å². The van der Waals surface area contributed by atoms with Gasteiger partial charge >= 0.3 is 5.97 Å². The van der Waals surface area contributed by atoms with Crippen LogP contribution in [-0.4, -0.2) is 45.3 Å². The van der Waals surface area contributed by atoms with Crippen LogP contribution < -0.4 is 0 Å². The SMILES string of the molecule is Cc1cccc(CN(C)CC(C)(O)C(=O)O)n1. The van der Waals surface area contributed by atoms with Crippen LogP contribution in [0.15, 0.2) is 18.2 Å². The summed E-state index contributed by atoms with van der Waals surface area (Å²) < 4.78 is 0. The summed E-state index contributed by atoms with van der Waals surface area (Å²) in [6, 6.07) is 5.68. The van der Waals surface area contributed by atoms with Gasteiger partial charge in [0.05, 0.1) is 5.69 Å². The third-order valence-corrected chi connectivity index (χ3v) is 2.42. The van der Waals surface area contributed by atoms with Gasteiger partial charge in [-0.1, -0.05) is 6.07 Å². The molecule has 0 aliphatic heterocycles. The first kappa shape index (κ1) is 13.6. The van der Waals surface area contributed by atoms with Crippen molar-refractivity contribution in [2.24, 2.45) is 0 Å². The number of likely N-dealkylation sites (N-methyl/N-ethyl adjacent to an activating group) is 1. The van der Waals surface area contributed by atoms with Crippen LogP contribution in [0.5, 0.6) is 0 Å². The first-order chi connectivity index (χ1) is 7.81. The molecule has 1 heterocycles. The van der Waals surface area contributed by atoms with Gasteiger partial charge in [0.1, 0.15) is 0 Å². The first-order valence-corrected chi connectivity index (χ1v) is 5.38. The fourth-order valence-corrected chi connectivity index (χ4v) is 1.61. The highest BCUT2D eigenvalue weighted by Gasteiger charge is 2.31. The van der Waals surface area contributed by atoms with Crippen molar-refractivity contribution < 1.29 is 15.0 Å². The topological polar surface area (TPSA) is 73.7 Å². The van der Waals surface area contributed by atoms with Gasteiger partial charge in [-0.25, -0.2) is 4.79 Å². The Bertz CT molecular complexity index is 404. The lowest BCUT2D eigenvalue weighted by Crippen LogP contribution is -2.45. The molecular weight excluding hydrogens is 220 g/mol. The highest BCUT2D eigenvalue weighted by atomic mass is 16.4. The summed E-state index contributed by atoms with van der Waals surface area (Å²) in [5, 5.41) is 18.4. The number of carboxylic acids is 1. The van der Waals surface area contributed by atoms with Gasteiger partial charge in [-0.15, -0.1) is 0 Å². The number of aromatic nitrogens is 1. The van der Waals surface area contributed by atoms with Crippen LogP contribution in [0.3, 0.4) is 0 Å². The van der Waals surface area contributed by atoms with E-state index in [-0.39, 0.29) is 6.54 Å². The van der Waals surface area contributed by atoms with E-state index in [9.17, 15) is 9.90 Å². The Morgan fingerprint density at radius 2 is 2.18 bits per heavy atom. The molecule has 0 spiro atoms. The standard InChI is InChI=1S/C12H18N2O3/c1-9-5-4-6-10(13-9)7-14(3)8-12(2,17)11(15)16/h4-6,17H,7-8H2,1-3H3,(H,15,16). The second-order valence-corrected chi connectivity index (χ2v) is 4.52. The maximum Gasteiger partial charge on any atom is 0.336 e. The van der Waals surface area contributed by atoms with Crippen molar-refractivity contribution in [2.45, 2.75) is 26.0 Å². The van der Waals surface area contributed by atoms with Crippen LogP contribution in [-0.2, 0) is 11.3 Å². The van der Waals surface area contributed by atoms with Crippen LogP contribution in [0.2, 0.25) is 0 Å². The average Bonchev–Trinajstić information content (AvgIpc) is 2.15. The number of pyridine rings is 1. The molecule has 1 aromatic heterocycles. The number of carbonyl (C=O) groups is 1. The van der Waals surface area contributed by atoms with Crippen molar-refractivity contribution in [3.8, 4) is 0 Å². The van der Waals surface area contributed by atoms with Crippen LogP contribution >= 0.6 is 0 Å². The monoisotopic (exact) mass is 238 g/mol. The summed E-state index contributed by atoms with van der Waals surface area (Å²) >= 11 is 0. The molecule has 0 aromatic carbocycles. The van der Waals surface area contributed by atoms with Gasteiger partial charge < -0.3 is 10.2 Å². The number of aliphatic hydroxyl groups is 1. The Morgan fingerprint density at radius 1 is 1.53 bits per heavy atom. The fraction of sp³-hybridized carbons (Fsp3) is 0.500. The third-order valence-electron chi connectivity index (χ3n) is 2.42. The molecule has 1 unspecified atom stereocenters. The van der Waals surface area contributed by atoms with E-state index in [1.807, 2.05) is 25.1 Å². The molecule has 1 rings (SSSR count). The van der Waals surface area contributed by atoms with Gasteiger partial charge in [0.15, 0.2) is 5.60 Å². The van der Waals surface area contributed by atoms with E-state index in [0.717, 1.165) is 11.4 Å².